The normalized spacial score (nSPS) is 24.4. The van der Waals surface area contributed by atoms with Crippen LogP contribution in [0.25, 0.3) is 0 Å². The van der Waals surface area contributed by atoms with Gasteiger partial charge in [-0.3, -0.25) is 0 Å². The van der Waals surface area contributed by atoms with Crippen LogP contribution in [0.3, 0.4) is 0 Å². The minimum atomic E-state index is -1.11. The lowest BCUT2D eigenvalue weighted by atomic mass is 9.76. The van der Waals surface area contributed by atoms with Crippen LogP contribution in [0, 0.1) is 0 Å². The van der Waals surface area contributed by atoms with Gasteiger partial charge in [0.2, 0.25) is 0 Å². The molecule has 1 atom stereocenters. The predicted molar refractivity (Wildman–Crippen MR) is 70.6 cm³/mol. The summed E-state index contributed by atoms with van der Waals surface area (Å²) in [6.45, 7) is 3.83. The zero-order valence-corrected chi connectivity index (χ0v) is 10.6. The Morgan fingerprint density at radius 3 is 2.22 bits per heavy atom. The van der Waals surface area contributed by atoms with Gasteiger partial charge in [-0.15, -0.1) is 0 Å². The molecule has 2 aromatic rings. The van der Waals surface area contributed by atoms with Gasteiger partial charge in [-0.1, -0.05) is 48.5 Å². The zero-order chi connectivity index (χ0) is 12.8. The summed E-state index contributed by atoms with van der Waals surface area (Å²) in [7, 11) is 0. The monoisotopic (exact) mass is 240 g/mol. The quantitative estimate of drug-likeness (QED) is 0.830. The standard InChI is InChI=1S/C16H16O2/c1-15(2)16(17,12-8-4-3-5-9-12)13-10-6-7-11-14(13)18-15/h3-11,17H,1-2H3/t16-/m1/s1. The summed E-state index contributed by atoms with van der Waals surface area (Å²) in [4.78, 5) is 0. The average molecular weight is 240 g/mol. The summed E-state index contributed by atoms with van der Waals surface area (Å²) >= 11 is 0. The number of aliphatic hydroxyl groups is 1. The topological polar surface area (TPSA) is 29.5 Å². The van der Waals surface area contributed by atoms with Crippen molar-refractivity contribution in [3.63, 3.8) is 0 Å². The van der Waals surface area contributed by atoms with Crippen LogP contribution in [-0.2, 0) is 5.60 Å². The largest absolute Gasteiger partial charge is 0.484 e. The number of para-hydroxylation sites is 1. The maximum absolute atomic E-state index is 11.2. The van der Waals surface area contributed by atoms with E-state index in [0.717, 1.165) is 16.9 Å². The molecule has 0 amide bonds. The van der Waals surface area contributed by atoms with Gasteiger partial charge >= 0.3 is 0 Å². The second kappa shape index (κ2) is 3.59. The van der Waals surface area contributed by atoms with Crippen LogP contribution >= 0.6 is 0 Å². The summed E-state index contributed by atoms with van der Waals surface area (Å²) in [5.74, 6) is 0.758. The molecule has 92 valence electrons. The Balaban J connectivity index is 2.26. The van der Waals surface area contributed by atoms with Gasteiger partial charge in [-0.25, -0.2) is 0 Å². The van der Waals surface area contributed by atoms with Crippen LogP contribution in [0.5, 0.6) is 5.75 Å². The number of hydrogen-bond donors (Lipinski definition) is 1. The van der Waals surface area contributed by atoms with Gasteiger partial charge in [0.25, 0.3) is 0 Å². The maximum Gasteiger partial charge on any atom is 0.157 e. The summed E-state index contributed by atoms with van der Waals surface area (Å²) in [5, 5.41) is 11.2. The highest BCUT2D eigenvalue weighted by Crippen LogP contribution is 2.50. The van der Waals surface area contributed by atoms with Crippen LogP contribution < -0.4 is 4.74 Å². The van der Waals surface area contributed by atoms with Crippen LogP contribution in [0.4, 0.5) is 0 Å². The van der Waals surface area contributed by atoms with E-state index in [2.05, 4.69) is 0 Å². The van der Waals surface area contributed by atoms with E-state index in [4.69, 9.17) is 4.74 Å². The molecule has 3 rings (SSSR count). The summed E-state index contributed by atoms with van der Waals surface area (Å²) in [6, 6.07) is 17.4. The molecule has 0 saturated heterocycles. The van der Waals surface area contributed by atoms with Crippen molar-refractivity contribution < 1.29 is 9.84 Å². The van der Waals surface area contributed by atoms with E-state index >= 15 is 0 Å². The fraction of sp³-hybridized carbons (Fsp3) is 0.250. The van der Waals surface area contributed by atoms with E-state index in [1.807, 2.05) is 68.4 Å². The van der Waals surface area contributed by atoms with E-state index in [1.54, 1.807) is 0 Å². The third-order valence-electron chi connectivity index (χ3n) is 3.70. The fourth-order valence-electron chi connectivity index (χ4n) is 2.71. The Hall–Kier alpha value is -1.80. The van der Waals surface area contributed by atoms with E-state index < -0.39 is 11.2 Å². The van der Waals surface area contributed by atoms with Crippen LogP contribution in [0.2, 0.25) is 0 Å². The molecule has 0 radical (unpaired) electrons. The molecule has 1 N–H and O–H groups in total. The first-order valence-electron chi connectivity index (χ1n) is 6.12. The molecule has 1 aliphatic rings. The smallest absolute Gasteiger partial charge is 0.157 e. The number of ether oxygens (including phenoxy) is 1. The van der Waals surface area contributed by atoms with Crippen LogP contribution in [0.1, 0.15) is 25.0 Å². The Labute approximate surface area is 107 Å². The molecule has 1 heterocycles. The highest BCUT2D eigenvalue weighted by molar-refractivity contribution is 5.51. The Kier molecular flexibility index (Phi) is 2.26. The second-order valence-electron chi connectivity index (χ2n) is 5.18. The van der Waals surface area contributed by atoms with Crippen molar-refractivity contribution in [3.05, 3.63) is 65.7 Å². The van der Waals surface area contributed by atoms with Gasteiger partial charge in [0.05, 0.1) is 0 Å². The third-order valence-corrected chi connectivity index (χ3v) is 3.70. The summed E-state index contributed by atoms with van der Waals surface area (Å²) in [5.41, 5.74) is -0.0933. The van der Waals surface area contributed by atoms with Gasteiger partial charge in [-0.2, -0.15) is 0 Å². The van der Waals surface area contributed by atoms with Crippen molar-refractivity contribution in [1.82, 2.24) is 0 Å². The molecule has 18 heavy (non-hydrogen) atoms. The molecule has 0 aliphatic carbocycles. The van der Waals surface area contributed by atoms with Gasteiger partial charge in [-0.05, 0) is 25.5 Å². The molecular formula is C16H16O2. The minimum absolute atomic E-state index is 0.682. The molecule has 2 heteroatoms. The first-order chi connectivity index (χ1) is 8.56. The maximum atomic E-state index is 11.2. The first kappa shape index (κ1) is 11.3. The average Bonchev–Trinajstić information content (AvgIpc) is 2.59. The summed E-state index contributed by atoms with van der Waals surface area (Å²) in [6.07, 6.45) is 0. The van der Waals surface area contributed by atoms with Crippen LogP contribution in [-0.4, -0.2) is 10.7 Å². The van der Waals surface area contributed by atoms with Gasteiger partial charge in [0.15, 0.2) is 5.60 Å². The lowest BCUT2D eigenvalue weighted by molar-refractivity contribution is -0.0641. The van der Waals surface area contributed by atoms with Gasteiger partial charge in [0.1, 0.15) is 11.4 Å². The molecule has 2 nitrogen and oxygen atoms in total. The van der Waals surface area contributed by atoms with E-state index in [-0.39, 0.29) is 0 Å². The highest BCUT2D eigenvalue weighted by Gasteiger charge is 2.54. The van der Waals surface area contributed by atoms with Crippen molar-refractivity contribution >= 4 is 0 Å². The van der Waals surface area contributed by atoms with Crippen molar-refractivity contribution in [3.8, 4) is 5.75 Å². The predicted octanol–water partition coefficient (Wildman–Crippen LogP) is 3.09. The van der Waals surface area contributed by atoms with Gasteiger partial charge < -0.3 is 9.84 Å². The third kappa shape index (κ3) is 1.33. The second-order valence-corrected chi connectivity index (χ2v) is 5.18. The highest BCUT2D eigenvalue weighted by atomic mass is 16.5. The van der Waals surface area contributed by atoms with Crippen LogP contribution in [0.15, 0.2) is 54.6 Å². The molecule has 2 aromatic carbocycles. The van der Waals surface area contributed by atoms with E-state index in [1.165, 1.54) is 0 Å². The minimum Gasteiger partial charge on any atom is -0.484 e. The lowest BCUT2D eigenvalue weighted by Crippen LogP contribution is -2.47. The van der Waals surface area contributed by atoms with E-state index in [0.29, 0.717) is 0 Å². The number of hydrogen-bond acceptors (Lipinski definition) is 2. The molecule has 0 aromatic heterocycles. The van der Waals surface area contributed by atoms with Gasteiger partial charge in [0, 0.05) is 5.56 Å². The Bertz CT molecular complexity index is 575. The molecule has 0 unspecified atom stereocenters. The Morgan fingerprint density at radius 2 is 1.50 bits per heavy atom. The van der Waals surface area contributed by atoms with E-state index in [9.17, 15) is 5.11 Å². The number of rotatable bonds is 1. The number of fused-ring (bicyclic) bond motifs is 1. The zero-order valence-electron chi connectivity index (χ0n) is 10.6. The molecule has 0 spiro atoms. The molecule has 0 fully saturated rings. The molecular weight excluding hydrogens is 224 g/mol. The summed E-state index contributed by atoms with van der Waals surface area (Å²) < 4.78 is 5.91. The fourth-order valence-corrected chi connectivity index (χ4v) is 2.71. The van der Waals surface area contributed by atoms with Crippen molar-refractivity contribution in [2.24, 2.45) is 0 Å². The molecule has 0 bridgehead atoms. The first-order valence-corrected chi connectivity index (χ1v) is 6.12. The van der Waals surface area contributed by atoms with Crippen molar-refractivity contribution in [2.75, 3.05) is 0 Å². The molecule has 0 saturated carbocycles. The Morgan fingerprint density at radius 1 is 0.889 bits per heavy atom. The van der Waals surface area contributed by atoms with Crippen molar-refractivity contribution in [2.45, 2.75) is 25.0 Å². The van der Waals surface area contributed by atoms with Crippen molar-refractivity contribution in [1.29, 1.82) is 0 Å². The number of benzene rings is 2. The lowest BCUT2D eigenvalue weighted by Gasteiger charge is -2.35. The SMILES string of the molecule is CC1(C)Oc2ccccc2[C@]1(O)c1ccccc1. The molecule has 1 aliphatic heterocycles.